The first-order chi connectivity index (χ1) is 7.95. The number of benzene rings is 1. The first-order valence-electron chi connectivity index (χ1n) is 5.25. The van der Waals surface area contributed by atoms with E-state index in [9.17, 15) is 0 Å². The van der Waals surface area contributed by atoms with Gasteiger partial charge in [0, 0.05) is 18.0 Å². The molecule has 0 radical (unpaired) electrons. The van der Waals surface area contributed by atoms with Crippen LogP contribution in [0.5, 0.6) is 0 Å². The predicted octanol–water partition coefficient (Wildman–Crippen LogP) is 3.25. The standard InChI is InChI=1S/C14H11NO/c1-2-4-13-11(3-1)6-8-16-10-12-9-15-7-5-14(12)13/h1-9H,10H2. The van der Waals surface area contributed by atoms with Crippen LogP contribution in [0.3, 0.4) is 0 Å². The minimum Gasteiger partial charge on any atom is -0.496 e. The highest BCUT2D eigenvalue weighted by Crippen LogP contribution is 2.29. The molecule has 16 heavy (non-hydrogen) atoms. The van der Waals surface area contributed by atoms with Crippen molar-refractivity contribution in [3.05, 3.63) is 60.1 Å². The molecule has 0 atom stereocenters. The smallest absolute Gasteiger partial charge is 0.114 e. The molecule has 2 heteroatoms. The highest BCUT2D eigenvalue weighted by atomic mass is 16.5. The Kier molecular flexibility index (Phi) is 2.18. The number of hydrogen-bond acceptors (Lipinski definition) is 2. The van der Waals surface area contributed by atoms with Crippen LogP contribution in [0.2, 0.25) is 0 Å². The summed E-state index contributed by atoms with van der Waals surface area (Å²) < 4.78 is 5.44. The largest absolute Gasteiger partial charge is 0.496 e. The number of hydrogen-bond donors (Lipinski definition) is 0. The Morgan fingerprint density at radius 2 is 2.00 bits per heavy atom. The molecule has 2 heterocycles. The number of rotatable bonds is 0. The monoisotopic (exact) mass is 209 g/mol. The Bertz CT molecular complexity index is 546. The van der Waals surface area contributed by atoms with E-state index in [0.29, 0.717) is 6.61 Å². The van der Waals surface area contributed by atoms with E-state index < -0.39 is 0 Å². The van der Waals surface area contributed by atoms with Gasteiger partial charge in [0.05, 0.1) is 6.26 Å². The van der Waals surface area contributed by atoms with Gasteiger partial charge in [-0.15, -0.1) is 0 Å². The third-order valence-corrected chi connectivity index (χ3v) is 2.74. The SMILES string of the molecule is C1=Cc2ccccc2-c2ccncc2CO1. The summed E-state index contributed by atoms with van der Waals surface area (Å²) in [7, 11) is 0. The Morgan fingerprint density at radius 1 is 1.06 bits per heavy atom. The van der Waals surface area contributed by atoms with Gasteiger partial charge in [0.15, 0.2) is 0 Å². The summed E-state index contributed by atoms with van der Waals surface area (Å²) in [5, 5.41) is 0. The maximum absolute atomic E-state index is 5.44. The maximum atomic E-state index is 5.44. The van der Waals surface area contributed by atoms with E-state index in [1.807, 2.05) is 30.6 Å². The molecule has 2 aromatic rings. The summed E-state index contributed by atoms with van der Waals surface area (Å²) in [6.45, 7) is 0.577. The molecule has 78 valence electrons. The normalized spacial score (nSPS) is 13.0. The zero-order chi connectivity index (χ0) is 10.8. The van der Waals surface area contributed by atoms with Crippen molar-refractivity contribution in [3.8, 4) is 11.1 Å². The van der Waals surface area contributed by atoms with E-state index in [0.717, 1.165) is 5.56 Å². The molecule has 3 rings (SSSR count). The lowest BCUT2D eigenvalue weighted by atomic mass is 9.96. The van der Waals surface area contributed by atoms with Gasteiger partial charge in [-0.1, -0.05) is 24.3 Å². The fraction of sp³-hybridized carbons (Fsp3) is 0.0714. The van der Waals surface area contributed by atoms with Crippen molar-refractivity contribution in [1.29, 1.82) is 0 Å². The molecule has 1 aliphatic rings. The molecule has 0 spiro atoms. The van der Waals surface area contributed by atoms with Crippen molar-refractivity contribution in [2.75, 3.05) is 0 Å². The van der Waals surface area contributed by atoms with Crippen molar-refractivity contribution < 1.29 is 4.74 Å². The second-order valence-corrected chi connectivity index (χ2v) is 3.73. The van der Waals surface area contributed by atoms with E-state index >= 15 is 0 Å². The van der Waals surface area contributed by atoms with Gasteiger partial charge < -0.3 is 4.74 Å². The lowest BCUT2D eigenvalue weighted by molar-refractivity contribution is 0.239. The second kappa shape index (κ2) is 3.81. The first-order valence-corrected chi connectivity index (χ1v) is 5.25. The Morgan fingerprint density at radius 3 is 3.00 bits per heavy atom. The molecule has 0 unspecified atom stereocenters. The number of fused-ring (bicyclic) bond motifs is 3. The molecular weight excluding hydrogens is 198 g/mol. The van der Waals surface area contributed by atoms with Crippen LogP contribution in [0.15, 0.2) is 49.0 Å². The number of ether oxygens (including phenoxy) is 1. The minimum atomic E-state index is 0.577. The van der Waals surface area contributed by atoms with E-state index in [1.54, 1.807) is 6.26 Å². The predicted molar refractivity (Wildman–Crippen MR) is 63.5 cm³/mol. The summed E-state index contributed by atoms with van der Waals surface area (Å²) in [6, 6.07) is 10.3. The van der Waals surface area contributed by atoms with Gasteiger partial charge in [-0.05, 0) is 28.8 Å². The Labute approximate surface area is 94.2 Å². The third kappa shape index (κ3) is 1.48. The number of nitrogens with zero attached hydrogens (tertiary/aromatic N) is 1. The molecule has 0 N–H and O–H groups in total. The summed E-state index contributed by atoms with van der Waals surface area (Å²) >= 11 is 0. The van der Waals surface area contributed by atoms with Crippen molar-refractivity contribution in [2.24, 2.45) is 0 Å². The average molecular weight is 209 g/mol. The molecule has 0 aliphatic carbocycles. The second-order valence-electron chi connectivity index (χ2n) is 3.73. The van der Waals surface area contributed by atoms with Crippen LogP contribution in [0.25, 0.3) is 17.2 Å². The van der Waals surface area contributed by atoms with Gasteiger partial charge in [-0.2, -0.15) is 0 Å². The minimum absolute atomic E-state index is 0.577. The van der Waals surface area contributed by atoms with Crippen molar-refractivity contribution >= 4 is 6.08 Å². The Balaban J connectivity index is 2.28. The maximum Gasteiger partial charge on any atom is 0.114 e. The molecule has 2 nitrogen and oxygen atoms in total. The lowest BCUT2D eigenvalue weighted by Crippen LogP contribution is -1.96. The van der Waals surface area contributed by atoms with Crippen LogP contribution >= 0.6 is 0 Å². The van der Waals surface area contributed by atoms with Crippen molar-refractivity contribution in [2.45, 2.75) is 6.61 Å². The molecule has 1 aromatic carbocycles. The lowest BCUT2D eigenvalue weighted by Gasteiger charge is -2.14. The van der Waals surface area contributed by atoms with Gasteiger partial charge >= 0.3 is 0 Å². The first kappa shape index (κ1) is 9.16. The van der Waals surface area contributed by atoms with Crippen LogP contribution in [0.4, 0.5) is 0 Å². The fourth-order valence-corrected chi connectivity index (χ4v) is 1.95. The molecule has 0 saturated heterocycles. The Hall–Kier alpha value is -2.09. The van der Waals surface area contributed by atoms with E-state index in [1.165, 1.54) is 16.7 Å². The topological polar surface area (TPSA) is 22.1 Å². The molecule has 0 bridgehead atoms. The summed E-state index contributed by atoms with van der Waals surface area (Å²) in [5.41, 5.74) is 4.74. The molecular formula is C14H11NO. The zero-order valence-electron chi connectivity index (χ0n) is 8.76. The molecule has 1 aromatic heterocycles. The number of aromatic nitrogens is 1. The van der Waals surface area contributed by atoms with Gasteiger partial charge in [0.25, 0.3) is 0 Å². The van der Waals surface area contributed by atoms with Crippen LogP contribution in [0.1, 0.15) is 11.1 Å². The summed E-state index contributed by atoms with van der Waals surface area (Å²) in [4.78, 5) is 4.14. The highest BCUT2D eigenvalue weighted by molar-refractivity contribution is 5.77. The van der Waals surface area contributed by atoms with Crippen LogP contribution < -0.4 is 0 Å². The average Bonchev–Trinajstić information content (AvgIpc) is 2.33. The quantitative estimate of drug-likeness (QED) is 0.664. The van der Waals surface area contributed by atoms with Gasteiger partial charge in [-0.25, -0.2) is 0 Å². The zero-order valence-corrected chi connectivity index (χ0v) is 8.76. The van der Waals surface area contributed by atoms with Crippen molar-refractivity contribution in [3.63, 3.8) is 0 Å². The summed E-state index contributed by atoms with van der Waals surface area (Å²) in [6.07, 6.45) is 7.43. The third-order valence-electron chi connectivity index (χ3n) is 2.74. The molecule has 1 aliphatic heterocycles. The van der Waals surface area contributed by atoms with Gasteiger partial charge in [0.1, 0.15) is 6.61 Å². The fourth-order valence-electron chi connectivity index (χ4n) is 1.95. The molecule has 0 fully saturated rings. The number of pyridine rings is 1. The molecule has 0 saturated carbocycles. The van der Waals surface area contributed by atoms with Crippen LogP contribution in [-0.4, -0.2) is 4.98 Å². The highest BCUT2D eigenvalue weighted by Gasteiger charge is 2.09. The van der Waals surface area contributed by atoms with Crippen molar-refractivity contribution in [1.82, 2.24) is 4.98 Å². The van der Waals surface area contributed by atoms with Crippen LogP contribution in [0, 0.1) is 0 Å². The van der Waals surface area contributed by atoms with Gasteiger partial charge in [0.2, 0.25) is 0 Å². The van der Waals surface area contributed by atoms with E-state index in [4.69, 9.17) is 4.74 Å². The summed E-state index contributed by atoms with van der Waals surface area (Å²) in [5.74, 6) is 0. The van der Waals surface area contributed by atoms with Gasteiger partial charge in [-0.3, -0.25) is 4.98 Å². The van der Waals surface area contributed by atoms with Crippen LogP contribution in [-0.2, 0) is 11.3 Å². The van der Waals surface area contributed by atoms with E-state index in [2.05, 4.69) is 23.2 Å². The molecule has 0 amide bonds. The van der Waals surface area contributed by atoms with E-state index in [-0.39, 0.29) is 0 Å².